The van der Waals surface area contributed by atoms with Crippen molar-refractivity contribution in [1.29, 1.82) is 0 Å². The Bertz CT molecular complexity index is 1220. The molecule has 1 aliphatic rings. The summed E-state index contributed by atoms with van der Waals surface area (Å²) in [6.07, 6.45) is 4.81. The van der Waals surface area contributed by atoms with Crippen molar-refractivity contribution in [1.82, 2.24) is 20.2 Å². The van der Waals surface area contributed by atoms with Gasteiger partial charge in [-0.05, 0) is 61.9 Å². The van der Waals surface area contributed by atoms with Crippen LogP contribution in [0.4, 0.5) is 4.79 Å². The van der Waals surface area contributed by atoms with Crippen LogP contribution in [0.2, 0.25) is 5.02 Å². The van der Waals surface area contributed by atoms with Gasteiger partial charge in [-0.3, -0.25) is 19.5 Å². The van der Waals surface area contributed by atoms with Crippen molar-refractivity contribution < 1.29 is 9.59 Å². The fourth-order valence-electron chi connectivity index (χ4n) is 3.68. The van der Waals surface area contributed by atoms with Gasteiger partial charge in [0.15, 0.2) is 5.16 Å². The van der Waals surface area contributed by atoms with Crippen LogP contribution in [0.25, 0.3) is 15.9 Å². The summed E-state index contributed by atoms with van der Waals surface area (Å²) in [5.74, 6) is -0.498. The molecule has 2 aromatic heterocycles. The predicted octanol–water partition coefficient (Wildman–Crippen LogP) is 4.31. The van der Waals surface area contributed by atoms with Crippen LogP contribution in [0.3, 0.4) is 0 Å². The van der Waals surface area contributed by atoms with Gasteiger partial charge in [0.05, 0.1) is 16.8 Å². The smallest absolute Gasteiger partial charge is 0.321 e. The van der Waals surface area contributed by atoms with Crippen molar-refractivity contribution in [2.24, 2.45) is 0 Å². The Morgan fingerprint density at radius 2 is 1.97 bits per heavy atom. The number of benzene rings is 1. The molecule has 168 valence electrons. The minimum Gasteiger partial charge on any atom is -0.338 e. The first-order valence-corrected chi connectivity index (χ1v) is 12.7. The van der Waals surface area contributed by atoms with E-state index in [0.29, 0.717) is 32.6 Å². The standard InChI is InChI=1S/C22H23ClN4O3S2/c1-2-11-24-21(30)25-17(28)12-31-22-26-19-18(15-5-3-4-6-16(15)32-19)20(29)27(22)14-9-7-13(23)8-10-14/h7-10H,2-6,11-12H2,1H3,(H2,24,25,28,30). The maximum absolute atomic E-state index is 13.6. The summed E-state index contributed by atoms with van der Waals surface area (Å²) in [5, 5.41) is 6.56. The van der Waals surface area contributed by atoms with Crippen molar-refractivity contribution in [3.63, 3.8) is 0 Å². The van der Waals surface area contributed by atoms with Gasteiger partial charge in [-0.15, -0.1) is 11.3 Å². The number of rotatable bonds is 6. The van der Waals surface area contributed by atoms with E-state index in [1.165, 1.54) is 9.44 Å². The van der Waals surface area contributed by atoms with Crippen molar-refractivity contribution in [2.75, 3.05) is 12.3 Å². The molecule has 7 nitrogen and oxygen atoms in total. The highest BCUT2D eigenvalue weighted by Crippen LogP contribution is 2.35. The van der Waals surface area contributed by atoms with Crippen molar-refractivity contribution >= 4 is 56.9 Å². The summed E-state index contributed by atoms with van der Waals surface area (Å²) in [6.45, 7) is 2.42. The lowest BCUT2D eigenvalue weighted by atomic mass is 9.97. The largest absolute Gasteiger partial charge is 0.338 e. The molecule has 2 heterocycles. The predicted molar refractivity (Wildman–Crippen MR) is 129 cm³/mol. The number of amides is 3. The van der Waals surface area contributed by atoms with E-state index >= 15 is 0 Å². The van der Waals surface area contributed by atoms with Crippen molar-refractivity contribution in [3.8, 4) is 5.69 Å². The van der Waals surface area contributed by atoms with Crippen LogP contribution in [0, 0.1) is 0 Å². The van der Waals surface area contributed by atoms with Gasteiger partial charge in [0, 0.05) is 16.4 Å². The summed E-state index contributed by atoms with van der Waals surface area (Å²) >= 11 is 8.73. The number of thiophene rings is 1. The van der Waals surface area contributed by atoms with Crippen LogP contribution in [0.5, 0.6) is 0 Å². The van der Waals surface area contributed by atoms with E-state index in [9.17, 15) is 14.4 Å². The molecule has 32 heavy (non-hydrogen) atoms. The second-order valence-electron chi connectivity index (χ2n) is 7.50. The number of nitrogens with zero attached hydrogens (tertiary/aromatic N) is 2. The Kier molecular flexibility index (Phi) is 7.17. The van der Waals surface area contributed by atoms with Crippen LogP contribution in [-0.4, -0.2) is 33.8 Å². The zero-order valence-electron chi connectivity index (χ0n) is 17.6. The highest BCUT2D eigenvalue weighted by Gasteiger charge is 2.23. The molecule has 0 fully saturated rings. The highest BCUT2D eigenvalue weighted by atomic mass is 35.5. The normalized spacial score (nSPS) is 13.1. The minimum absolute atomic E-state index is 0.0455. The first kappa shape index (κ1) is 22.8. The molecule has 10 heteroatoms. The molecule has 0 atom stereocenters. The Hall–Kier alpha value is -2.36. The molecule has 0 unspecified atom stereocenters. The van der Waals surface area contributed by atoms with E-state index in [2.05, 4.69) is 10.6 Å². The second-order valence-corrected chi connectivity index (χ2v) is 9.96. The molecule has 2 N–H and O–H groups in total. The minimum atomic E-state index is -0.526. The maximum atomic E-state index is 13.6. The lowest BCUT2D eigenvalue weighted by Gasteiger charge is -2.13. The highest BCUT2D eigenvalue weighted by molar-refractivity contribution is 7.99. The van der Waals surface area contributed by atoms with E-state index < -0.39 is 11.9 Å². The lowest BCUT2D eigenvalue weighted by molar-refractivity contribution is -0.117. The van der Waals surface area contributed by atoms with Gasteiger partial charge in [0.25, 0.3) is 5.56 Å². The third kappa shape index (κ3) is 4.84. The number of halogens is 1. The van der Waals surface area contributed by atoms with E-state index in [-0.39, 0.29) is 11.3 Å². The number of nitrogens with one attached hydrogen (secondary N) is 2. The van der Waals surface area contributed by atoms with Crippen molar-refractivity contribution in [3.05, 3.63) is 50.1 Å². The molecule has 3 aromatic rings. The fourth-order valence-corrected chi connectivity index (χ4v) is 5.92. The number of aryl methyl sites for hydroxylation is 2. The number of imide groups is 1. The third-order valence-electron chi connectivity index (χ3n) is 5.16. The van der Waals surface area contributed by atoms with Gasteiger partial charge in [-0.1, -0.05) is 30.3 Å². The molecule has 1 aromatic carbocycles. The Morgan fingerprint density at radius 1 is 1.22 bits per heavy atom. The SMILES string of the molecule is CCCNC(=O)NC(=O)CSc1nc2sc3c(c2c(=O)n1-c1ccc(Cl)cc1)CCCC3. The molecule has 3 amide bonds. The molecular weight excluding hydrogens is 468 g/mol. The van der Waals surface area contributed by atoms with Crippen LogP contribution in [0.1, 0.15) is 36.6 Å². The molecule has 0 radical (unpaired) electrons. The number of thioether (sulfide) groups is 1. The molecule has 1 aliphatic carbocycles. The Balaban J connectivity index is 1.69. The molecule has 0 aliphatic heterocycles. The van der Waals surface area contributed by atoms with Crippen LogP contribution >= 0.6 is 34.7 Å². The first-order chi connectivity index (χ1) is 15.5. The number of urea groups is 1. The van der Waals surface area contributed by atoms with E-state index in [1.807, 2.05) is 6.92 Å². The summed E-state index contributed by atoms with van der Waals surface area (Å²) in [4.78, 5) is 44.3. The monoisotopic (exact) mass is 490 g/mol. The molecule has 0 saturated heterocycles. The average Bonchev–Trinajstić information content (AvgIpc) is 3.16. The number of hydrogen-bond donors (Lipinski definition) is 2. The fraction of sp³-hybridized carbons (Fsp3) is 0.364. The molecule has 0 spiro atoms. The summed E-state index contributed by atoms with van der Waals surface area (Å²) in [6, 6.07) is 6.43. The zero-order valence-corrected chi connectivity index (χ0v) is 20.0. The Labute approximate surface area is 198 Å². The first-order valence-electron chi connectivity index (χ1n) is 10.5. The second kappa shape index (κ2) is 10.1. The number of hydrogen-bond acceptors (Lipinski definition) is 6. The van der Waals surface area contributed by atoms with E-state index in [4.69, 9.17) is 16.6 Å². The zero-order chi connectivity index (χ0) is 22.7. The van der Waals surface area contributed by atoms with E-state index in [1.54, 1.807) is 35.6 Å². The average molecular weight is 491 g/mol. The molecular formula is C22H23ClN4O3S2. The van der Waals surface area contributed by atoms with Crippen LogP contribution in [-0.2, 0) is 17.6 Å². The number of carbonyl (C=O) groups is 2. The van der Waals surface area contributed by atoms with Gasteiger partial charge in [0.1, 0.15) is 4.83 Å². The van der Waals surface area contributed by atoms with Gasteiger partial charge in [-0.2, -0.15) is 0 Å². The van der Waals surface area contributed by atoms with Crippen LogP contribution < -0.4 is 16.2 Å². The summed E-state index contributed by atoms with van der Waals surface area (Å²) in [7, 11) is 0. The van der Waals surface area contributed by atoms with E-state index in [0.717, 1.165) is 49.4 Å². The van der Waals surface area contributed by atoms with Crippen LogP contribution in [0.15, 0.2) is 34.2 Å². The lowest BCUT2D eigenvalue weighted by Crippen LogP contribution is -2.40. The Morgan fingerprint density at radius 3 is 2.72 bits per heavy atom. The van der Waals surface area contributed by atoms with Gasteiger partial charge in [-0.25, -0.2) is 9.78 Å². The van der Waals surface area contributed by atoms with Gasteiger partial charge in [0.2, 0.25) is 5.91 Å². The third-order valence-corrected chi connectivity index (χ3v) is 7.54. The van der Waals surface area contributed by atoms with Gasteiger partial charge < -0.3 is 5.32 Å². The maximum Gasteiger partial charge on any atom is 0.321 e. The number of aromatic nitrogens is 2. The topological polar surface area (TPSA) is 93.1 Å². The molecule has 4 rings (SSSR count). The quantitative estimate of drug-likeness (QED) is 0.397. The van der Waals surface area contributed by atoms with Gasteiger partial charge >= 0.3 is 6.03 Å². The molecule has 0 saturated carbocycles. The summed E-state index contributed by atoms with van der Waals surface area (Å²) < 4.78 is 1.54. The number of fused-ring (bicyclic) bond motifs is 3. The molecule has 0 bridgehead atoms. The number of carbonyl (C=O) groups excluding carboxylic acids is 2. The summed E-state index contributed by atoms with van der Waals surface area (Å²) in [5.41, 5.74) is 1.60. The van der Waals surface area contributed by atoms with Crippen molar-refractivity contribution in [2.45, 2.75) is 44.2 Å².